The standard InChI is InChI=1S/C18H20N6O.2ClH/c1-12-10-20-8-9-23(12)18(25)17-13(2)24(22-21-17)16-5-3-4-14-11-19-7-6-15(14)16;;/h3-7,11-12,20H,8-10H2,1-2H3;2*1H/t12-;;/m1../s1. The lowest BCUT2D eigenvalue weighted by Crippen LogP contribution is -2.52. The summed E-state index contributed by atoms with van der Waals surface area (Å²) in [6, 6.07) is 8.04. The lowest BCUT2D eigenvalue weighted by atomic mass is 10.1. The van der Waals surface area contributed by atoms with E-state index in [1.165, 1.54) is 0 Å². The van der Waals surface area contributed by atoms with E-state index in [0.29, 0.717) is 12.2 Å². The summed E-state index contributed by atoms with van der Waals surface area (Å²) in [6.07, 6.45) is 3.58. The normalized spacial score (nSPS) is 16.5. The van der Waals surface area contributed by atoms with Gasteiger partial charge in [0.05, 0.1) is 11.4 Å². The first-order valence-electron chi connectivity index (χ1n) is 8.44. The molecule has 3 aromatic rings. The highest BCUT2D eigenvalue weighted by Gasteiger charge is 2.28. The molecule has 1 amide bonds. The molecule has 1 aromatic carbocycles. The van der Waals surface area contributed by atoms with Crippen molar-refractivity contribution in [1.29, 1.82) is 0 Å². The molecule has 0 unspecified atom stereocenters. The Balaban J connectivity index is 0.00000131. The number of fused-ring (bicyclic) bond motifs is 1. The molecule has 1 aliphatic heterocycles. The third-order valence-corrected chi connectivity index (χ3v) is 4.75. The zero-order valence-corrected chi connectivity index (χ0v) is 16.8. The Bertz CT molecular complexity index is 939. The lowest BCUT2D eigenvalue weighted by molar-refractivity contribution is 0.0649. The number of nitrogens with zero attached hydrogens (tertiary/aromatic N) is 5. The van der Waals surface area contributed by atoms with Crippen LogP contribution >= 0.6 is 24.8 Å². The van der Waals surface area contributed by atoms with Crippen LogP contribution < -0.4 is 5.32 Å². The van der Waals surface area contributed by atoms with Gasteiger partial charge < -0.3 is 10.2 Å². The van der Waals surface area contributed by atoms with Gasteiger partial charge in [-0.1, -0.05) is 17.3 Å². The van der Waals surface area contributed by atoms with Crippen LogP contribution in [0.15, 0.2) is 36.7 Å². The van der Waals surface area contributed by atoms with Crippen LogP contribution in [0.25, 0.3) is 16.5 Å². The van der Waals surface area contributed by atoms with Gasteiger partial charge in [-0.2, -0.15) is 0 Å². The Kier molecular flexibility index (Phi) is 6.75. The van der Waals surface area contributed by atoms with Crippen LogP contribution in [0.5, 0.6) is 0 Å². The first-order chi connectivity index (χ1) is 12.2. The van der Waals surface area contributed by atoms with Crippen molar-refractivity contribution in [2.24, 2.45) is 0 Å². The minimum atomic E-state index is -0.0559. The van der Waals surface area contributed by atoms with Gasteiger partial charge in [-0.25, -0.2) is 4.68 Å². The van der Waals surface area contributed by atoms with E-state index < -0.39 is 0 Å². The second-order valence-electron chi connectivity index (χ2n) is 6.36. The average molecular weight is 409 g/mol. The van der Waals surface area contributed by atoms with Crippen LogP contribution in [0.4, 0.5) is 0 Å². The number of piperazine rings is 1. The second-order valence-corrected chi connectivity index (χ2v) is 6.36. The summed E-state index contributed by atoms with van der Waals surface area (Å²) in [6.45, 7) is 6.22. The number of halogens is 2. The topological polar surface area (TPSA) is 75.9 Å². The second kappa shape index (κ2) is 8.65. The molecule has 0 saturated carbocycles. The maximum atomic E-state index is 12.9. The summed E-state index contributed by atoms with van der Waals surface area (Å²) >= 11 is 0. The summed E-state index contributed by atoms with van der Waals surface area (Å²) in [7, 11) is 0. The Morgan fingerprint density at radius 2 is 2.07 bits per heavy atom. The number of nitrogens with one attached hydrogen (secondary N) is 1. The number of hydrogen-bond acceptors (Lipinski definition) is 5. The monoisotopic (exact) mass is 408 g/mol. The average Bonchev–Trinajstić information content (AvgIpc) is 3.02. The fourth-order valence-electron chi connectivity index (χ4n) is 3.32. The molecule has 1 N–H and O–H groups in total. The van der Waals surface area contributed by atoms with E-state index in [0.717, 1.165) is 35.2 Å². The highest BCUT2D eigenvalue weighted by Crippen LogP contribution is 2.23. The number of benzene rings is 1. The maximum Gasteiger partial charge on any atom is 0.276 e. The molecule has 27 heavy (non-hydrogen) atoms. The Morgan fingerprint density at radius 1 is 1.26 bits per heavy atom. The van der Waals surface area contributed by atoms with Crippen LogP contribution in [0.3, 0.4) is 0 Å². The van der Waals surface area contributed by atoms with E-state index in [1.807, 2.05) is 49.2 Å². The van der Waals surface area contributed by atoms with Gasteiger partial charge in [0.25, 0.3) is 5.91 Å². The van der Waals surface area contributed by atoms with Crippen molar-refractivity contribution in [2.75, 3.05) is 19.6 Å². The number of hydrogen-bond donors (Lipinski definition) is 1. The molecule has 144 valence electrons. The Labute approximate surface area is 170 Å². The fraction of sp³-hybridized carbons (Fsp3) is 0.333. The first-order valence-corrected chi connectivity index (χ1v) is 8.44. The van der Waals surface area contributed by atoms with E-state index in [2.05, 4.69) is 20.6 Å². The van der Waals surface area contributed by atoms with E-state index in [4.69, 9.17) is 0 Å². The van der Waals surface area contributed by atoms with Gasteiger partial charge in [0.15, 0.2) is 5.69 Å². The molecule has 1 saturated heterocycles. The largest absolute Gasteiger partial charge is 0.332 e. The summed E-state index contributed by atoms with van der Waals surface area (Å²) in [5.41, 5.74) is 2.07. The Hall–Kier alpha value is -2.22. The Morgan fingerprint density at radius 3 is 2.85 bits per heavy atom. The molecule has 9 heteroatoms. The van der Waals surface area contributed by atoms with E-state index in [9.17, 15) is 4.79 Å². The van der Waals surface area contributed by atoms with E-state index >= 15 is 0 Å². The van der Waals surface area contributed by atoms with Gasteiger partial charge in [-0.15, -0.1) is 29.9 Å². The van der Waals surface area contributed by atoms with E-state index in [-0.39, 0.29) is 36.8 Å². The number of carbonyl (C=O) groups excluding carboxylic acids is 1. The van der Waals surface area contributed by atoms with Crippen molar-refractivity contribution < 1.29 is 4.79 Å². The number of amides is 1. The molecular formula is C18H22Cl2N6O. The van der Waals surface area contributed by atoms with Gasteiger partial charge >= 0.3 is 0 Å². The van der Waals surface area contributed by atoms with Crippen LogP contribution in [-0.4, -0.2) is 56.5 Å². The van der Waals surface area contributed by atoms with Crippen molar-refractivity contribution in [2.45, 2.75) is 19.9 Å². The first kappa shape index (κ1) is 21.1. The van der Waals surface area contributed by atoms with Crippen molar-refractivity contribution in [3.05, 3.63) is 48.0 Å². The minimum Gasteiger partial charge on any atom is -0.332 e. The van der Waals surface area contributed by atoms with Gasteiger partial charge in [0, 0.05) is 48.8 Å². The summed E-state index contributed by atoms with van der Waals surface area (Å²) < 4.78 is 1.74. The van der Waals surface area contributed by atoms with Crippen molar-refractivity contribution >= 4 is 41.5 Å². The van der Waals surface area contributed by atoms with Gasteiger partial charge in [-0.3, -0.25) is 9.78 Å². The molecular weight excluding hydrogens is 387 g/mol. The fourth-order valence-corrected chi connectivity index (χ4v) is 3.32. The van der Waals surface area contributed by atoms with Crippen molar-refractivity contribution in [3.8, 4) is 5.69 Å². The zero-order valence-electron chi connectivity index (χ0n) is 15.1. The van der Waals surface area contributed by atoms with Gasteiger partial charge in [-0.05, 0) is 26.0 Å². The van der Waals surface area contributed by atoms with Crippen molar-refractivity contribution in [3.63, 3.8) is 0 Å². The highest BCUT2D eigenvalue weighted by molar-refractivity contribution is 5.94. The predicted molar refractivity (Wildman–Crippen MR) is 109 cm³/mol. The number of aromatic nitrogens is 4. The molecule has 0 aliphatic carbocycles. The number of pyridine rings is 1. The van der Waals surface area contributed by atoms with Crippen LogP contribution in [0.1, 0.15) is 23.1 Å². The zero-order chi connectivity index (χ0) is 17.4. The molecule has 1 aliphatic rings. The quantitative estimate of drug-likeness (QED) is 0.704. The maximum absolute atomic E-state index is 12.9. The SMILES string of the molecule is Cc1c(C(=O)N2CCNC[C@H]2C)nnn1-c1cccc2cnccc12.Cl.Cl. The molecule has 0 spiro atoms. The molecule has 3 heterocycles. The molecule has 7 nitrogen and oxygen atoms in total. The van der Waals surface area contributed by atoms with Crippen LogP contribution in [0.2, 0.25) is 0 Å². The van der Waals surface area contributed by atoms with Crippen molar-refractivity contribution in [1.82, 2.24) is 30.2 Å². The molecule has 1 fully saturated rings. The third-order valence-electron chi connectivity index (χ3n) is 4.75. The number of carbonyl (C=O) groups is 1. The third kappa shape index (κ3) is 3.76. The smallest absolute Gasteiger partial charge is 0.276 e. The summed E-state index contributed by atoms with van der Waals surface area (Å²) in [5, 5.41) is 13.8. The molecule has 0 bridgehead atoms. The van der Waals surface area contributed by atoms with Gasteiger partial charge in [0.2, 0.25) is 0 Å². The lowest BCUT2D eigenvalue weighted by Gasteiger charge is -2.33. The molecule has 0 radical (unpaired) electrons. The molecule has 2 aromatic heterocycles. The molecule has 4 rings (SSSR count). The summed E-state index contributed by atoms with van der Waals surface area (Å²) in [4.78, 5) is 18.9. The minimum absolute atomic E-state index is 0. The number of rotatable bonds is 2. The van der Waals surface area contributed by atoms with Crippen LogP contribution in [0, 0.1) is 6.92 Å². The van der Waals surface area contributed by atoms with E-state index in [1.54, 1.807) is 10.9 Å². The highest BCUT2D eigenvalue weighted by atomic mass is 35.5. The van der Waals surface area contributed by atoms with Crippen LogP contribution in [-0.2, 0) is 0 Å². The van der Waals surface area contributed by atoms with Gasteiger partial charge in [0.1, 0.15) is 0 Å². The predicted octanol–water partition coefficient (Wildman–Crippen LogP) is 2.40. The summed E-state index contributed by atoms with van der Waals surface area (Å²) in [5.74, 6) is -0.0559. The molecule has 1 atom stereocenters.